The van der Waals surface area contributed by atoms with E-state index in [-0.39, 0.29) is 56.9 Å². The fourth-order valence-electron chi connectivity index (χ4n) is 11.8. The van der Waals surface area contributed by atoms with Crippen LogP contribution in [-0.4, -0.2) is 172 Å². The van der Waals surface area contributed by atoms with Gasteiger partial charge in [-0.05, 0) is 124 Å². The Morgan fingerprint density at radius 1 is 0.643 bits per heavy atom. The zero-order valence-corrected chi connectivity index (χ0v) is 50.2. The van der Waals surface area contributed by atoms with Crippen molar-refractivity contribution in [1.82, 2.24) is 30.7 Å². The van der Waals surface area contributed by atoms with Crippen LogP contribution in [0.25, 0.3) is 0 Å². The van der Waals surface area contributed by atoms with Gasteiger partial charge in [0.25, 0.3) is 5.91 Å². The van der Waals surface area contributed by atoms with Crippen LogP contribution >= 0.6 is 0 Å². The van der Waals surface area contributed by atoms with Crippen molar-refractivity contribution in [3.63, 3.8) is 0 Å². The topological polar surface area (TPSA) is 292 Å². The van der Waals surface area contributed by atoms with Crippen LogP contribution in [0.5, 0.6) is 0 Å². The van der Waals surface area contributed by atoms with E-state index in [0.29, 0.717) is 25.7 Å². The Morgan fingerprint density at radius 3 is 1.57 bits per heavy atom. The first-order valence-electron chi connectivity index (χ1n) is 29.9. The summed E-state index contributed by atoms with van der Waals surface area (Å²) in [6, 6.07) is -4.27. The highest BCUT2D eigenvalue weighted by molar-refractivity contribution is 6.05. The number of carbonyl (C=O) groups excluding carboxylic acids is 10. The Labute approximate surface area is 494 Å². The molecular formula is C61H92N6O17. The molecule has 23 heteroatoms. The van der Waals surface area contributed by atoms with Gasteiger partial charge in [-0.2, -0.15) is 0 Å². The predicted molar refractivity (Wildman–Crippen MR) is 307 cm³/mol. The van der Waals surface area contributed by atoms with Crippen molar-refractivity contribution in [2.24, 2.45) is 11.8 Å². The number of aliphatic hydroxyl groups excluding tert-OH is 1. The largest absolute Gasteiger partial charge is 0.467 e. The molecule has 4 N–H and O–H groups in total. The number of likely N-dealkylation sites (tertiary alicyclic amines) is 2. The highest BCUT2D eigenvalue weighted by atomic mass is 16.6. The predicted octanol–water partition coefficient (Wildman–Crippen LogP) is 6.93. The van der Waals surface area contributed by atoms with Gasteiger partial charge in [0.05, 0.1) is 26.9 Å². The molecule has 2 aliphatic heterocycles. The number of imide groups is 1. The highest BCUT2D eigenvalue weighted by Crippen LogP contribution is 2.52. The number of methoxy groups -OCH3 is 2. The number of nitrogens with one attached hydrogen (secondary N) is 3. The van der Waals surface area contributed by atoms with Gasteiger partial charge >= 0.3 is 36.2 Å². The van der Waals surface area contributed by atoms with Crippen molar-refractivity contribution in [2.75, 3.05) is 27.3 Å². The summed E-state index contributed by atoms with van der Waals surface area (Å²) in [5.74, 6) is -5.39. The molecule has 7 amide bonds. The quantitative estimate of drug-likeness (QED) is 0.0281. The molecule has 4 aliphatic carbocycles. The van der Waals surface area contributed by atoms with Crippen LogP contribution in [0.1, 0.15) is 169 Å². The molecule has 2 saturated heterocycles. The summed E-state index contributed by atoms with van der Waals surface area (Å²) in [5, 5.41) is 18.5. The van der Waals surface area contributed by atoms with Crippen molar-refractivity contribution < 1.29 is 81.5 Å². The van der Waals surface area contributed by atoms with Crippen LogP contribution in [-0.2, 0) is 62.0 Å². The molecular weight excluding hydrogens is 1090 g/mol. The summed E-state index contributed by atoms with van der Waals surface area (Å²) < 4.78 is 32.0. The first-order chi connectivity index (χ1) is 39.9. The first-order valence-corrected chi connectivity index (χ1v) is 29.9. The summed E-state index contributed by atoms with van der Waals surface area (Å²) in [4.78, 5) is 136. The average Bonchev–Trinajstić information content (AvgIpc) is 1.66. The average molecular weight is 1180 g/mol. The fourth-order valence-corrected chi connectivity index (χ4v) is 11.8. The number of aliphatic hydroxyl groups is 1. The standard InChI is InChI=1S/C34H51N3O10.C27H41N3O7/c1-8-10-11-12-13-18-26(35-31(42)46-24-16-14-15-17-24)28(39)36-21-25(45-22(3)38)19-27(36)29(40)37(32(43)47-33(4,5)6)34(30(41)44-7)20-23(34)9-2;1-4-6-7-8-9-14-21(28-26(35)37-20-12-10-11-13-20)24(33)30-17-19(31)15-22(30)23(32)29-27(25(34)36-3)16-18(27)5-2/h8-9,23-27H,1-2,10-21H2,3-7H3,(H,35,42);4-5,18-22,31H,1-2,6-17H2,3H3,(H,28,35)(H,29,32)/t23-,25-,26+,27+,34-;18-,19-,21+,22+,27-/m11/s1. The third-order valence-corrected chi connectivity index (χ3v) is 16.4. The number of β-amino-alcohol motifs (C(OH)–C–C–N with tert-alkyl or cyclic N) is 1. The SMILES string of the molecule is C=CCCCCC[C@H](NC(=O)OC1CCCC1)C(=O)N1C[C@H](O)C[C@H]1C(=O)N[C@]1(C(=O)OC)C[C@H]1C=C.C=CCCCCC[C@H](NC(=O)OC1CCCC1)C(=O)N1C[C@H](OC(C)=O)C[C@H]1C(=O)N(C(=O)OC(C)(C)C)[C@]1(C(=O)OC)C[C@H]1C=C. The van der Waals surface area contributed by atoms with Gasteiger partial charge in [0, 0.05) is 38.1 Å². The van der Waals surface area contributed by atoms with E-state index in [1.165, 1.54) is 29.9 Å². The van der Waals surface area contributed by atoms with Gasteiger partial charge in [-0.25, -0.2) is 28.9 Å². The maximum Gasteiger partial charge on any atom is 0.418 e. The maximum absolute atomic E-state index is 14.5. The molecule has 468 valence electrons. The first kappa shape index (κ1) is 68.0. The van der Waals surface area contributed by atoms with Gasteiger partial charge in [0.1, 0.15) is 53.6 Å². The fraction of sp³-hybridized carbons (Fsp3) is 0.705. The summed E-state index contributed by atoms with van der Waals surface area (Å²) in [7, 11) is 2.40. The molecule has 0 aromatic heterocycles. The molecule has 0 unspecified atom stereocenters. The lowest BCUT2D eigenvalue weighted by atomic mass is 10.0. The number of hydrogen-bond acceptors (Lipinski definition) is 17. The van der Waals surface area contributed by atoms with E-state index in [2.05, 4.69) is 42.3 Å². The molecule has 23 nitrogen and oxygen atoms in total. The van der Waals surface area contributed by atoms with Crippen molar-refractivity contribution >= 4 is 59.8 Å². The Kier molecular flexibility index (Phi) is 25.4. The van der Waals surface area contributed by atoms with Gasteiger partial charge in [-0.15, -0.1) is 26.3 Å². The van der Waals surface area contributed by atoms with E-state index in [9.17, 15) is 53.1 Å². The third-order valence-electron chi connectivity index (χ3n) is 16.4. The van der Waals surface area contributed by atoms with Crippen molar-refractivity contribution in [2.45, 2.75) is 234 Å². The van der Waals surface area contributed by atoms with E-state index in [4.69, 9.17) is 28.4 Å². The minimum Gasteiger partial charge on any atom is -0.467 e. The minimum absolute atomic E-state index is 0.0339. The second kappa shape index (κ2) is 31.4. The zero-order chi connectivity index (χ0) is 61.9. The lowest BCUT2D eigenvalue weighted by Gasteiger charge is -2.35. The molecule has 6 aliphatic rings. The highest BCUT2D eigenvalue weighted by Gasteiger charge is 2.69. The van der Waals surface area contributed by atoms with Gasteiger partial charge in [-0.3, -0.25) is 24.0 Å². The monoisotopic (exact) mass is 1180 g/mol. The van der Waals surface area contributed by atoms with Gasteiger partial charge in [0.15, 0.2) is 5.54 Å². The Bertz CT molecular complexity index is 2400. The van der Waals surface area contributed by atoms with Gasteiger partial charge in [0.2, 0.25) is 17.7 Å². The zero-order valence-electron chi connectivity index (χ0n) is 50.2. The number of hydrogen-bond donors (Lipinski definition) is 4. The number of ether oxygens (including phenoxy) is 6. The van der Waals surface area contributed by atoms with Gasteiger partial charge < -0.3 is 59.3 Å². The number of rotatable bonds is 27. The second-order valence-electron chi connectivity index (χ2n) is 23.9. The van der Waals surface area contributed by atoms with E-state index in [1.54, 1.807) is 26.8 Å². The Balaban J connectivity index is 0.000000316. The molecule has 4 saturated carbocycles. The lowest BCUT2D eigenvalue weighted by molar-refractivity contribution is -0.157. The molecule has 84 heavy (non-hydrogen) atoms. The summed E-state index contributed by atoms with van der Waals surface area (Å²) in [6.45, 7) is 20.8. The van der Waals surface area contributed by atoms with E-state index in [0.717, 1.165) is 102 Å². The lowest BCUT2D eigenvalue weighted by Crippen LogP contribution is -2.60. The second-order valence-corrected chi connectivity index (χ2v) is 23.9. The van der Waals surface area contributed by atoms with E-state index in [1.807, 2.05) is 12.2 Å². The van der Waals surface area contributed by atoms with Crippen LogP contribution in [0.2, 0.25) is 0 Å². The van der Waals surface area contributed by atoms with Crippen LogP contribution < -0.4 is 16.0 Å². The maximum atomic E-state index is 14.5. The molecule has 2 heterocycles. The minimum atomic E-state index is -1.72. The van der Waals surface area contributed by atoms with E-state index < -0.39 is 119 Å². The Hall–Kier alpha value is -6.78. The van der Waals surface area contributed by atoms with Crippen molar-refractivity contribution in [1.29, 1.82) is 0 Å². The van der Waals surface area contributed by atoms with Crippen LogP contribution in [0.15, 0.2) is 50.6 Å². The number of amides is 7. The summed E-state index contributed by atoms with van der Waals surface area (Å²) >= 11 is 0. The van der Waals surface area contributed by atoms with E-state index >= 15 is 0 Å². The van der Waals surface area contributed by atoms with Crippen molar-refractivity contribution in [3.8, 4) is 0 Å². The van der Waals surface area contributed by atoms with Crippen LogP contribution in [0.4, 0.5) is 14.4 Å². The number of unbranched alkanes of at least 4 members (excludes halogenated alkanes) is 6. The number of esters is 3. The number of nitrogens with zero attached hydrogens (tertiary/aromatic N) is 3. The molecule has 10 atom stereocenters. The molecule has 6 rings (SSSR count). The van der Waals surface area contributed by atoms with Crippen LogP contribution in [0.3, 0.4) is 0 Å². The smallest absolute Gasteiger partial charge is 0.418 e. The van der Waals surface area contributed by atoms with Crippen LogP contribution in [0, 0.1) is 11.8 Å². The van der Waals surface area contributed by atoms with Gasteiger partial charge in [-0.1, -0.05) is 50.0 Å². The van der Waals surface area contributed by atoms with Crippen molar-refractivity contribution in [3.05, 3.63) is 50.6 Å². The Morgan fingerprint density at radius 2 is 1.14 bits per heavy atom. The molecule has 0 radical (unpaired) electrons. The number of allylic oxidation sites excluding steroid dienone is 2. The number of carbonyl (C=O) groups is 10. The normalized spacial score (nSPS) is 25.9. The molecule has 0 bridgehead atoms. The summed E-state index contributed by atoms with van der Waals surface area (Å²) in [5.41, 5.74) is -3.96. The molecule has 6 fully saturated rings. The molecule has 0 aromatic carbocycles. The molecule has 0 aromatic rings. The number of alkyl carbamates (subject to hydrolysis) is 2. The molecule has 0 spiro atoms. The third kappa shape index (κ3) is 18.1. The summed E-state index contributed by atoms with van der Waals surface area (Å²) in [6.07, 6.45) is 16.4.